The van der Waals surface area contributed by atoms with Gasteiger partial charge in [-0.2, -0.15) is 5.10 Å². The molecule has 0 aliphatic heterocycles. The highest BCUT2D eigenvalue weighted by atomic mass is 79.9. The van der Waals surface area contributed by atoms with E-state index in [1.807, 2.05) is 11.7 Å². The van der Waals surface area contributed by atoms with Crippen molar-refractivity contribution in [1.82, 2.24) is 9.78 Å². The summed E-state index contributed by atoms with van der Waals surface area (Å²) in [6, 6.07) is 8.41. The van der Waals surface area contributed by atoms with Crippen LogP contribution in [0.15, 0.2) is 28.7 Å². The first-order valence-electron chi connectivity index (χ1n) is 7.75. The van der Waals surface area contributed by atoms with Gasteiger partial charge in [0.05, 0.1) is 5.69 Å². The van der Waals surface area contributed by atoms with E-state index in [1.54, 1.807) is 0 Å². The number of nitrogens with two attached hydrogens (primary N) is 1. The van der Waals surface area contributed by atoms with E-state index in [-0.39, 0.29) is 0 Å². The number of halogens is 1. The molecule has 1 aromatic carbocycles. The number of rotatable bonds is 2. The predicted octanol–water partition coefficient (Wildman–Crippen LogP) is 4.34. The predicted molar refractivity (Wildman–Crippen MR) is 88.9 cm³/mol. The lowest BCUT2D eigenvalue weighted by Gasteiger charge is -2.04. The smallest absolute Gasteiger partial charge is 0.129 e. The van der Waals surface area contributed by atoms with Crippen LogP contribution in [0.3, 0.4) is 0 Å². The van der Waals surface area contributed by atoms with Crippen molar-refractivity contribution in [1.29, 1.82) is 0 Å². The second-order valence-corrected chi connectivity index (χ2v) is 7.33. The van der Waals surface area contributed by atoms with E-state index in [4.69, 9.17) is 10.8 Å². The van der Waals surface area contributed by atoms with E-state index >= 15 is 0 Å². The minimum Gasteiger partial charge on any atom is -0.383 e. The third kappa shape index (κ3) is 2.11. The second kappa shape index (κ2) is 4.87. The molecule has 0 radical (unpaired) electrons. The van der Waals surface area contributed by atoms with Gasteiger partial charge in [-0.25, -0.2) is 0 Å². The molecule has 4 heteroatoms. The zero-order valence-electron chi connectivity index (χ0n) is 12.2. The van der Waals surface area contributed by atoms with Crippen molar-refractivity contribution in [3.05, 3.63) is 34.4 Å². The molecule has 2 saturated carbocycles. The Hall–Kier alpha value is -1.29. The minimum absolute atomic E-state index is 0.634. The summed E-state index contributed by atoms with van der Waals surface area (Å²) in [6.07, 6.45) is 5.50. The molecule has 0 bridgehead atoms. The number of aromatic nitrogens is 2. The van der Waals surface area contributed by atoms with Crippen molar-refractivity contribution in [2.24, 2.45) is 18.9 Å². The molecule has 21 heavy (non-hydrogen) atoms. The van der Waals surface area contributed by atoms with Crippen LogP contribution in [0.1, 0.15) is 37.3 Å². The van der Waals surface area contributed by atoms with Gasteiger partial charge in [-0.15, -0.1) is 0 Å². The van der Waals surface area contributed by atoms with Crippen LogP contribution in [0.2, 0.25) is 0 Å². The molecular weight excluding hydrogens is 326 g/mol. The van der Waals surface area contributed by atoms with Crippen LogP contribution in [0.25, 0.3) is 11.1 Å². The highest BCUT2D eigenvalue weighted by Gasteiger charge is 2.53. The number of benzene rings is 1. The first-order chi connectivity index (χ1) is 10.2. The summed E-state index contributed by atoms with van der Waals surface area (Å²) in [6.45, 7) is 0. The second-order valence-electron chi connectivity index (χ2n) is 6.41. The van der Waals surface area contributed by atoms with Gasteiger partial charge >= 0.3 is 0 Å². The molecule has 2 N–H and O–H groups in total. The number of hydrogen-bond donors (Lipinski definition) is 1. The Kier molecular flexibility index (Phi) is 3.10. The molecule has 0 amide bonds. The third-order valence-electron chi connectivity index (χ3n) is 5.22. The van der Waals surface area contributed by atoms with Crippen LogP contribution < -0.4 is 5.73 Å². The summed E-state index contributed by atoms with van der Waals surface area (Å²) in [5, 5.41) is 4.78. The van der Waals surface area contributed by atoms with Crippen molar-refractivity contribution in [3.8, 4) is 11.1 Å². The summed E-state index contributed by atoms with van der Waals surface area (Å²) >= 11 is 3.50. The average molecular weight is 346 g/mol. The molecular formula is C17H20BrN3. The average Bonchev–Trinajstić information content (AvgIpc) is 3.15. The molecule has 2 unspecified atom stereocenters. The van der Waals surface area contributed by atoms with Crippen LogP contribution >= 0.6 is 15.9 Å². The normalized spacial score (nSPS) is 27.4. The maximum atomic E-state index is 6.32. The zero-order chi connectivity index (χ0) is 14.6. The summed E-state index contributed by atoms with van der Waals surface area (Å²) in [5.41, 5.74) is 9.89. The largest absolute Gasteiger partial charge is 0.383 e. The Balaban J connectivity index is 1.78. The Bertz CT molecular complexity index is 662. The van der Waals surface area contributed by atoms with Crippen molar-refractivity contribution < 1.29 is 0 Å². The van der Waals surface area contributed by atoms with E-state index in [1.165, 1.54) is 36.9 Å². The quantitative estimate of drug-likeness (QED) is 0.879. The highest BCUT2D eigenvalue weighted by molar-refractivity contribution is 9.10. The van der Waals surface area contributed by atoms with Gasteiger partial charge in [0.25, 0.3) is 0 Å². The summed E-state index contributed by atoms with van der Waals surface area (Å²) in [4.78, 5) is 0. The van der Waals surface area contributed by atoms with Gasteiger partial charge in [-0.1, -0.05) is 40.9 Å². The van der Waals surface area contributed by atoms with Crippen LogP contribution in [-0.2, 0) is 7.05 Å². The molecule has 110 valence electrons. The zero-order valence-corrected chi connectivity index (χ0v) is 13.8. The number of nitrogen functional groups attached to an aromatic ring is 1. The minimum atomic E-state index is 0.634. The van der Waals surface area contributed by atoms with Crippen molar-refractivity contribution >= 4 is 21.7 Å². The molecule has 2 aromatic rings. The number of fused-ring (bicyclic) bond motifs is 1. The molecule has 0 saturated heterocycles. The van der Waals surface area contributed by atoms with E-state index in [9.17, 15) is 0 Å². The van der Waals surface area contributed by atoms with E-state index in [0.717, 1.165) is 27.7 Å². The topological polar surface area (TPSA) is 43.8 Å². The monoisotopic (exact) mass is 345 g/mol. The Labute approximate surface area is 133 Å². The van der Waals surface area contributed by atoms with Crippen molar-refractivity contribution in [3.63, 3.8) is 0 Å². The lowest BCUT2D eigenvalue weighted by atomic mass is 10.0. The molecule has 2 fully saturated rings. The molecule has 1 heterocycles. The van der Waals surface area contributed by atoms with E-state index in [2.05, 4.69) is 40.2 Å². The van der Waals surface area contributed by atoms with Gasteiger partial charge in [-0.05, 0) is 42.4 Å². The molecule has 2 atom stereocenters. The van der Waals surface area contributed by atoms with Gasteiger partial charge < -0.3 is 5.73 Å². The summed E-state index contributed by atoms with van der Waals surface area (Å²) in [5.74, 6) is 3.12. The fourth-order valence-corrected chi connectivity index (χ4v) is 4.37. The SMILES string of the molecule is Cn1nc(C2C3CCCCC32)c(-c2ccc(Br)cc2)c1N. The van der Waals surface area contributed by atoms with Crippen molar-refractivity contribution in [2.45, 2.75) is 31.6 Å². The number of hydrogen-bond acceptors (Lipinski definition) is 2. The molecule has 4 rings (SSSR count). The molecule has 2 aliphatic carbocycles. The molecule has 0 spiro atoms. The Morgan fingerprint density at radius 2 is 1.76 bits per heavy atom. The number of anilines is 1. The van der Waals surface area contributed by atoms with Crippen molar-refractivity contribution in [2.75, 3.05) is 5.73 Å². The molecule has 3 nitrogen and oxygen atoms in total. The maximum absolute atomic E-state index is 6.32. The maximum Gasteiger partial charge on any atom is 0.129 e. The van der Waals surface area contributed by atoms with Gasteiger partial charge in [0.1, 0.15) is 5.82 Å². The molecule has 1 aromatic heterocycles. The van der Waals surface area contributed by atoms with Crippen LogP contribution in [0.5, 0.6) is 0 Å². The van der Waals surface area contributed by atoms with Gasteiger partial charge in [0.15, 0.2) is 0 Å². The first-order valence-corrected chi connectivity index (χ1v) is 8.54. The lowest BCUT2D eigenvalue weighted by Crippen LogP contribution is -1.98. The standard InChI is InChI=1S/C17H20BrN3/c1-21-17(19)14(10-6-8-11(18)9-7-10)16(20-21)15-12-4-2-3-5-13(12)15/h6-9,12-13,15H,2-5,19H2,1H3. The summed E-state index contributed by atoms with van der Waals surface area (Å²) in [7, 11) is 1.95. The lowest BCUT2D eigenvalue weighted by molar-refractivity contribution is 0.480. The van der Waals surface area contributed by atoms with Gasteiger partial charge in [0.2, 0.25) is 0 Å². The summed E-state index contributed by atoms with van der Waals surface area (Å²) < 4.78 is 2.94. The fourth-order valence-electron chi connectivity index (χ4n) is 4.10. The highest BCUT2D eigenvalue weighted by Crippen LogP contribution is 2.62. The van der Waals surface area contributed by atoms with E-state index in [0.29, 0.717) is 5.92 Å². The number of nitrogens with zero attached hydrogens (tertiary/aromatic N) is 2. The molecule has 2 aliphatic rings. The fraction of sp³-hybridized carbons (Fsp3) is 0.471. The Morgan fingerprint density at radius 3 is 2.38 bits per heavy atom. The van der Waals surface area contributed by atoms with Gasteiger partial charge in [0, 0.05) is 23.0 Å². The third-order valence-corrected chi connectivity index (χ3v) is 5.75. The van der Waals surface area contributed by atoms with Crippen LogP contribution in [0, 0.1) is 11.8 Å². The van der Waals surface area contributed by atoms with E-state index < -0.39 is 0 Å². The van der Waals surface area contributed by atoms with Gasteiger partial charge in [-0.3, -0.25) is 4.68 Å². The van der Waals surface area contributed by atoms with Crippen LogP contribution in [-0.4, -0.2) is 9.78 Å². The number of aryl methyl sites for hydroxylation is 1. The Morgan fingerprint density at radius 1 is 1.14 bits per heavy atom. The first kappa shape index (κ1) is 13.4. The van der Waals surface area contributed by atoms with Crippen LogP contribution in [0.4, 0.5) is 5.82 Å².